The highest BCUT2D eigenvalue weighted by molar-refractivity contribution is 5.95. The molecule has 0 saturated heterocycles. The minimum atomic E-state index is -0.479. The molecule has 7 heteroatoms. The monoisotopic (exact) mass is 396 g/mol. The van der Waals surface area contributed by atoms with Crippen molar-refractivity contribution in [2.24, 2.45) is 5.41 Å². The van der Waals surface area contributed by atoms with Crippen LogP contribution in [-0.4, -0.2) is 24.4 Å². The van der Waals surface area contributed by atoms with E-state index in [4.69, 9.17) is 0 Å². The predicted octanol–water partition coefficient (Wildman–Crippen LogP) is 3.50. The lowest BCUT2D eigenvalue weighted by molar-refractivity contribution is -0.123. The molecule has 0 fully saturated rings. The van der Waals surface area contributed by atoms with Crippen molar-refractivity contribution in [3.63, 3.8) is 0 Å². The molecule has 0 aliphatic heterocycles. The molecule has 0 aliphatic carbocycles. The van der Waals surface area contributed by atoms with Gasteiger partial charge in [-0.1, -0.05) is 51.1 Å². The van der Waals surface area contributed by atoms with Crippen LogP contribution in [0.2, 0.25) is 0 Å². The standard InChI is InChI=1S/C22H28N4O3/c1-22(2,3)20(28)26-18-11-9-17(10-12-18)25-19(27)13-14-23-21(29)24-15-16-7-5-4-6-8-16/h4-12H,13-15H2,1-3H3,(H,25,27)(H,26,28)(H2,23,24,29). The maximum Gasteiger partial charge on any atom is 0.315 e. The first kappa shape index (κ1) is 21.9. The Hall–Kier alpha value is -3.35. The maximum absolute atomic E-state index is 12.0. The first-order valence-corrected chi connectivity index (χ1v) is 9.51. The zero-order valence-electron chi connectivity index (χ0n) is 17.0. The average Bonchev–Trinajstić information content (AvgIpc) is 2.68. The van der Waals surface area contributed by atoms with Crippen molar-refractivity contribution in [3.05, 3.63) is 60.2 Å². The van der Waals surface area contributed by atoms with Gasteiger partial charge in [-0.3, -0.25) is 9.59 Å². The van der Waals surface area contributed by atoms with Crippen LogP contribution in [0.4, 0.5) is 16.2 Å². The lowest BCUT2D eigenvalue weighted by atomic mass is 9.95. The van der Waals surface area contributed by atoms with E-state index < -0.39 is 5.41 Å². The lowest BCUT2D eigenvalue weighted by Gasteiger charge is -2.17. The third-order valence-electron chi connectivity index (χ3n) is 4.04. The van der Waals surface area contributed by atoms with E-state index >= 15 is 0 Å². The molecule has 29 heavy (non-hydrogen) atoms. The Morgan fingerprint density at radius 3 is 1.97 bits per heavy atom. The van der Waals surface area contributed by atoms with Crippen molar-refractivity contribution in [2.45, 2.75) is 33.7 Å². The van der Waals surface area contributed by atoms with Crippen LogP contribution in [0.5, 0.6) is 0 Å². The summed E-state index contributed by atoms with van der Waals surface area (Å²) in [4.78, 5) is 35.8. The smallest absolute Gasteiger partial charge is 0.315 e. The summed E-state index contributed by atoms with van der Waals surface area (Å²) >= 11 is 0. The Balaban J connectivity index is 1.68. The van der Waals surface area contributed by atoms with E-state index in [1.807, 2.05) is 51.1 Å². The van der Waals surface area contributed by atoms with Gasteiger partial charge < -0.3 is 21.3 Å². The Morgan fingerprint density at radius 2 is 1.38 bits per heavy atom. The normalized spacial score (nSPS) is 10.7. The van der Waals surface area contributed by atoms with Gasteiger partial charge in [-0.2, -0.15) is 0 Å². The van der Waals surface area contributed by atoms with Crippen LogP contribution >= 0.6 is 0 Å². The summed E-state index contributed by atoms with van der Waals surface area (Å²) in [5.41, 5.74) is 1.81. The van der Waals surface area contributed by atoms with E-state index in [1.165, 1.54) is 0 Å². The second-order valence-electron chi connectivity index (χ2n) is 7.67. The molecular weight excluding hydrogens is 368 g/mol. The highest BCUT2D eigenvalue weighted by Gasteiger charge is 2.21. The SMILES string of the molecule is CC(C)(C)C(=O)Nc1ccc(NC(=O)CCNC(=O)NCc2ccccc2)cc1. The van der Waals surface area contributed by atoms with Crippen molar-refractivity contribution in [1.29, 1.82) is 0 Å². The fraction of sp³-hybridized carbons (Fsp3) is 0.318. The number of benzene rings is 2. The van der Waals surface area contributed by atoms with Crippen LogP contribution in [0.1, 0.15) is 32.8 Å². The maximum atomic E-state index is 12.0. The van der Waals surface area contributed by atoms with E-state index in [1.54, 1.807) is 24.3 Å². The summed E-state index contributed by atoms with van der Waals surface area (Å²) in [6.45, 7) is 6.18. The van der Waals surface area contributed by atoms with Crippen molar-refractivity contribution in [1.82, 2.24) is 10.6 Å². The molecule has 2 aromatic carbocycles. The summed E-state index contributed by atoms with van der Waals surface area (Å²) < 4.78 is 0. The van der Waals surface area contributed by atoms with Gasteiger partial charge in [0.05, 0.1) is 0 Å². The van der Waals surface area contributed by atoms with Crippen molar-refractivity contribution in [2.75, 3.05) is 17.2 Å². The van der Waals surface area contributed by atoms with Gasteiger partial charge in [0.2, 0.25) is 11.8 Å². The molecule has 0 heterocycles. The van der Waals surface area contributed by atoms with Gasteiger partial charge in [0.15, 0.2) is 0 Å². The number of carbonyl (C=O) groups excluding carboxylic acids is 3. The average molecular weight is 396 g/mol. The Labute approximate surface area is 171 Å². The summed E-state index contributed by atoms with van der Waals surface area (Å²) in [7, 11) is 0. The third-order valence-corrected chi connectivity index (χ3v) is 4.04. The molecule has 0 unspecified atom stereocenters. The number of carbonyl (C=O) groups is 3. The number of hydrogen-bond acceptors (Lipinski definition) is 3. The molecular formula is C22H28N4O3. The first-order chi connectivity index (χ1) is 13.7. The first-order valence-electron chi connectivity index (χ1n) is 9.51. The Morgan fingerprint density at radius 1 is 0.793 bits per heavy atom. The largest absolute Gasteiger partial charge is 0.338 e. The number of anilines is 2. The van der Waals surface area contributed by atoms with Crippen LogP contribution in [0.15, 0.2) is 54.6 Å². The second-order valence-corrected chi connectivity index (χ2v) is 7.67. The molecule has 2 rings (SSSR count). The summed E-state index contributed by atoms with van der Waals surface area (Å²) in [5, 5.41) is 11.0. The molecule has 4 N–H and O–H groups in total. The number of nitrogens with one attached hydrogen (secondary N) is 4. The molecule has 0 spiro atoms. The van der Waals surface area contributed by atoms with Crippen molar-refractivity contribution < 1.29 is 14.4 Å². The Kier molecular flexibility index (Phi) is 7.77. The van der Waals surface area contributed by atoms with Crippen LogP contribution in [0.3, 0.4) is 0 Å². The molecule has 2 aromatic rings. The summed E-state index contributed by atoms with van der Waals surface area (Å²) in [6, 6.07) is 16.2. The molecule has 4 amide bonds. The zero-order chi connectivity index (χ0) is 21.3. The van der Waals surface area contributed by atoms with Gasteiger partial charge in [0.1, 0.15) is 0 Å². The molecule has 0 bridgehead atoms. The third kappa shape index (κ3) is 8.04. The number of amides is 4. The molecule has 0 aliphatic rings. The van der Waals surface area contributed by atoms with Crippen LogP contribution < -0.4 is 21.3 Å². The highest BCUT2D eigenvalue weighted by atomic mass is 16.2. The second kappa shape index (κ2) is 10.3. The van der Waals surface area contributed by atoms with Crippen LogP contribution in [-0.2, 0) is 16.1 Å². The molecule has 0 saturated carbocycles. The predicted molar refractivity (Wildman–Crippen MR) is 114 cm³/mol. The molecule has 0 radical (unpaired) electrons. The molecule has 154 valence electrons. The van der Waals surface area contributed by atoms with Crippen LogP contribution in [0.25, 0.3) is 0 Å². The van der Waals surface area contributed by atoms with E-state index in [0.717, 1.165) is 5.56 Å². The van der Waals surface area contributed by atoms with E-state index in [2.05, 4.69) is 21.3 Å². The lowest BCUT2D eigenvalue weighted by Crippen LogP contribution is -2.36. The zero-order valence-corrected chi connectivity index (χ0v) is 17.0. The summed E-state index contributed by atoms with van der Waals surface area (Å²) in [6.07, 6.45) is 0.154. The number of rotatable bonds is 7. The minimum Gasteiger partial charge on any atom is -0.338 e. The van der Waals surface area contributed by atoms with Gasteiger partial charge in [-0.05, 0) is 29.8 Å². The fourth-order valence-electron chi connectivity index (χ4n) is 2.31. The van der Waals surface area contributed by atoms with E-state index in [0.29, 0.717) is 17.9 Å². The van der Waals surface area contributed by atoms with Gasteiger partial charge in [-0.15, -0.1) is 0 Å². The van der Waals surface area contributed by atoms with E-state index in [-0.39, 0.29) is 30.8 Å². The van der Waals surface area contributed by atoms with Crippen molar-refractivity contribution >= 4 is 29.2 Å². The quantitative estimate of drug-likeness (QED) is 0.576. The minimum absolute atomic E-state index is 0.0779. The fourth-order valence-corrected chi connectivity index (χ4v) is 2.31. The number of urea groups is 1. The molecule has 7 nitrogen and oxygen atoms in total. The van der Waals surface area contributed by atoms with Gasteiger partial charge in [0.25, 0.3) is 0 Å². The Bertz CT molecular complexity index is 827. The molecule has 0 atom stereocenters. The van der Waals surface area contributed by atoms with E-state index in [9.17, 15) is 14.4 Å². The highest BCUT2D eigenvalue weighted by Crippen LogP contribution is 2.19. The number of hydrogen-bond donors (Lipinski definition) is 4. The van der Waals surface area contributed by atoms with Gasteiger partial charge in [0, 0.05) is 36.3 Å². The summed E-state index contributed by atoms with van der Waals surface area (Å²) in [5.74, 6) is -0.286. The van der Waals surface area contributed by atoms with Gasteiger partial charge >= 0.3 is 6.03 Å². The van der Waals surface area contributed by atoms with Crippen LogP contribution in [0, 0.1) is 5.41 Å². The topological polar surface area (TPSA) is 99.3 Å². The van der Waals surface area contributed by atoms with Crippen molar-refractivity contribution in [3.8, 4) is 0 Å². The van der Waals surface area contributed by atoms with Gasteiger partial charge in [-0.25, -0.2) is 4.79 Å². The molecule has 0 aromatic heterocycles.